The molecule has 0 radical (unpaired) electrons. The number of ether oxygens (including phenoxy) is 1. The molecule has 30 heavy (non-hydrogen) atoms. The van der Waals surface area contributed by atoms with Crippen molar-refractivity contribution < 1.29 is 4.74 Å². The second-order valence-corrected chi connectivity index (χ2v) is 7.44. The molecule has 0 saturated carbocycles. The summed E-state index contributed by atoms with van der Waals surface area (Å²) >= 11 is 1.41. The summed E-state index contributed by atoms with van der Waals surface area (Å²) in [5, 5.41) is 4.52. The SMILES string of the molecule is COc1ccc2nc(Nc3nc(CSc4nccc(C)n4)cc(=O)[nH]3)nc(C)c2c1. The first-order valence-electron chi connectivity index (χ1n) is 9.12. The lowest BCUT2D eigenvalue weighted by molar-refractivity contribution is 0.415. The van der Waals surface area contributed by atoms with E-state index in [0.717, 1.165) is 28.0 Å². The van der Waals surface area contributed by atoms with E-state index in [0.29, 0.717) is 22.6 Å². The van der Waals surface area contributed by atoms with Crippen LogP contribution >= 0.6 is 11.8 Å². The molecule has 152 valence electrons. The number of aromatic amines is 1. The van der Waals surface area contributed by atoms with Gasteiger partial charge in [-0.05, 0) is 38.1 Å². The fourth-order valence-electron chi connectivity index (χ4n) is 2.82. The maximum Gasteiger partial charge on any atom is 0.252 e. The van der Waals surface area contributed by atoms with Gasteiger partial charge in [-0.2, -0.15) is 0 Å². The van der Waals surface area contributed by atoms with Crippen molar-refractivity contribution in [3.8, 4) is 5.75 Å². The normalized spacial score (nSPS) is 10.9. The summed E-state index contributed by atoms with van der Waals surface area (Å²) in [5.74, 6) is 1.82. The van der Waals surface area contributed by atoms with Crippen molar-refractivity contribution in [2.24, 2.45) is 0 Å². The quantitative estimate of drug-likeness (QED) is 0.357. The lowest BCUT2D eigenvalue weighted by Crippen LogP contribution is -2.13. The molecule has 0 atom stereocenters. The van der Waals surface area contributed by atoms with Gasteiger partial charge in [0.25, 0.3) is 5.56 Å². The molecule has 0 aliphatic carbocycles. The zero-order chi connectivity index (χ0) is 21.1. The van der Waals surface area contributed by atoms with Crippen LogP contribution in [0.2, 0.25) is 0 Å². The van der Waals surface area contributed by atoms with E-state index in [1.807, 2.05) is 38.1 Å². The van der Waals surface area contributed by atoms with Crippen LogP contribution in [-0.4, -0.2) is 37.0 Å². The predicted molar refractivity (Wildman–Crippen MR) is 115 cm³/mol. The summed E-state index contributed by atoms with van der Waals surface area (Å²) in [6.07, 6.45) is 1.71. The first-order valence-corrected chi connectivity index (χ1v) is 10.1. The monoisotopic (exact) mass is 421 g/mol. The van der Waals surface area contributed by atoms with Gasteiger partial charge in [-0.1, -0.05) is 11.8 Å². The van der Waals surface area contributed by atoms with Crippen LogP contribution in [0.25, 0.3) is 10.9 Å². The molecule has 0 saturated heterocycles. The van der Waals surface area contributed by atoms with E-state index in [1.165, 1.54) is 17.8 Å². The maximum atomic E-state index is 12.1. The summed E-state index contributed by atoms with van der Waals surface area (Å²) in [6.45, 7) is 3.79. The molecular formula is C20H19N7O2S. The fourth-order valence-corrected chi connectivity index (χ4v) is 3.59. The Kier molecular flexibility index (Phi) is 5.57. The Morgan fingerprint density at radius 3 is 2.77 bits per heavy atom. The van der Waals surface area contributed by atoms with Gasteiger partial charge in [0.1, 0.15) is 5.75 Å². The third-order valence-corrected chi connectivity index (χ3v) is 5.14. The second kappa shape index (κ2) is 8.46. The Bertz CT molecular complexity index is 1280. The molecule has 0 spiro atoms. The Hall–Kier alpha value is -3.53. The van der Waals surface area contributed by atoms with Crippen molar-refractivity contribution in [3.63, 3.8) is 0 Å². The van der Waals surface area contributed by atoms with Gasteiger partial charge < -0.3 is 4.74 Å². The molecule has 2 N–H and O–H groups in total. The minimum absolute atomic E-state index is 0.268. The second-order valence-electron chi connectivity index (χ2n) is 6.50. The van der Waals surface area contributed by atoms with E-state index in [2.05, 4.69) is 35.2 Å². The highest BCUT2D eigenvalue weighted by atomic mass is 32.2. The number of anilines is 2. The molecule has 0 fully saturated rings. The van der Waals surface area contributed by atoms with Gasteiger partial charge in [0.05, 0.1) is 24.0 Å². The average molecular weight is 421 g/mol. The average Bonchev–Trinajstić information content (AvgIpc) is 2.72. The Morgan fingerprint density at radius 2 is 1.97 bits per heavy atom. The van der Waals surface area contributed by atoms with Crippen molar-refractivity contribution in [1.82, 2.24) is 29.9 Å². The number of rotatable bonds is 6. The predicted octanol–water partition coefficient (Wildman–Crippen LogP) is 3.16. The van der Waals surface area contributed by atoms with Gasteiger partial charge in [0.15, 0.2) is 5.16 Å². The van der Waals surface area contributed by atoms with Crippen LogP contribution in [-0.2, 0) is 5.75 Å². The molecule has 9 nitrogen and oxygen atoms in total. The third kappa shape index (κ3) is 4.54. The van der Waals surface area contributed by atoms with Crippen LogP contribution in [0, 0.1) is 13.8 Å². The highest BCUT2D eigenvalue weighted by Gasteiger charge is 2.09. The summed E-state index contributed by atoms with van der Waals surface area (Å²) in [5.41, 5.74) is 2.76. The van der Waals surface area contributed by atoms with Gasteiger partial charge in [0, 0.05) is 29.1 Å². The van der Waals surface area contributed by atoms with Gasteiger partial charge in [-0.15, -0.1) is 0 Å². The Balaban J connectivity index is 1.56. The number of nitrogens with one attached hydrogen (secondary N) is 2. The number of nitrogens with zero attached hydrogens (tertiary/aromatic N) is 5. The topological polar surface area (TPSA) is 119 Å². The number of hydrogen-bond donors (Lipinski definition) is 2. The molecule has 10 heteroatoms. The summed E-state index contributed by atoms with van der Waals surface area (Å²) in [6, 6.07) is 8.87. The van der Waals surface area contributed by atoms with E-state index in [1.54, 1.807) is 13.3 Å². The van der Waals surface area contributed by atoms with E-state index in [9.17, 15) is 4.79 Å². The molecular weight excluding hydrogens is 402 g/mol. The van der Waals surface area contributed by atoms with Gasteiger partial charge in [-0.25, -0.2) is 24.9 Å². The molecule has 3 aromatic heterocycles. The molecule has 0 amide bonds. The van der Waals surface area contributed by atoms with E-state index >= 15 is 0 Å². The smallest absolute Gasteiger partial charge is 0.252 e. The molecule has 4 rings (SSSR count). The molecule has 3 heterocycles. The van der Waals surface area contributed by atoms with Crippen molar-refractivity contribution in [2.45, 2.75) is 24.8 Å². The molecule has 1 aromatic carbocycles. The Labute approximate surface area is 176 Å². The zero-order valence-electron chi connectivity index (χ0n) is 16.6. The maximum absolute atomic E-state index is 12.1. The lowest BCUT2D eigenvalue weighted by atomic mass is 10.2. The zero-order valence-corrected chi connectivity index (χ0v) is 17.4. The van der Waals surface area contributed by atoms with Gasteiger partial charge >= 0.3 is 0 Å². The molecule has 0 unspecified atom stereocenters. The summed E-state index contributed by atoms with van der Waals surface area (Å²) in [7, 11) is 1.62. The highest BCUT2D eigenvalue weighted by molar-refractivity contribution is 7.98. The summed E-state index contributed by atoms with van der Waals surface area (Å²) in [4.78, 5) is 36.7. The number of hydrogen-bond acceptors (Lipinski definition) is 9. The van der Waals surface area contributed by atoms with Crippen LogP contribution in [0.4, 0.5) is 11.9 Å². The number of H-pyrrole nitrogens is 1. The fraction of sp³-hybridized carbons (Fsp3) is 0.200. The minimum Gasteiger partial charge on any atom is -0.497 e. The van der Waals surface area contributed by atoms with Crippen LogP contribution in [0.15, 0.2) is 46.5 Å². The molecule has 0 aliphatic rings. The van der Waals surface area contributed by atoms with Crippen molar-refractivity contribution in [2.75, 3.05) is 12.4 Å². The Morgan fingerprint density at radius 1 is 1.10 bits per heavy atom. The number of fused-ring (bicyclic) bond motifs is 1. The van der Waals surface area contributed by atoms with Crippen LogP contribution < -0.4 is 15.6 Å². The van der Waals surface area contributed by atoms with Gasteiger partial charge in [0.2, 0.25) is 11.9 Å². The largest absolute Gasteiger partial charge is 0.497 e. The number of benzene rings is 1. The molecule has 4 aromatic rings. The van der Waals surface area contributed by atoms with Crippen molar-refractivity contribution in [1.29, 1.82) is 0 Å². The molecule has 0 aliphatic heterocycles. The lowest BCUT2D eigenvalue weighted by Gasteiger charge is -2.09. The number of methoxy groups -OCH3 is 1. The standard InChI is InChI=1S/C20H19N7O2S/c1-11-6-7-21-20(22-11)30-10-13-8-17(28)26-19(24-13)27-18-23-12(2)15-9-14(29-3)4-5-16(15)25-18/h4-9H,10H2,1-3H3,(H2,23,24,25,26,27,28). The minimum atomic E-state index is -0.268. The number of thioether (sulfide) groups is 1. The van der Waals surface area contributed by atoms with Crippen molar-refractivity contribution in [3.05, 3.63) is 64.0 Å². The molecule has 0 bridgehead atoms. The van der Waals surface area contributed by atoms with Crippen molar-refractivity contribution >= 4 is 34.6 Å². The number of aryl methyl sites for hydroxylation is 2. The van der Waals surface area contributed by atoms with Gasteiger partial charge in [-0.3, -0.25) is 15.1 Å². The van der Waals surface area contributed by atoms with Crippen LogP contribution in [0.3, 0.4) is 0 Å². The van der Waals surface area contributed by atoms with E-state index in [4.69, 9.17) is 4.74 Å². The van der Waals surface area contributed by atoms with E-state index in [-0.39, 0.29) is 11.5 Å². The van der Waals surface area contributed by atoms with E-state index < -0.39 is 0 Å². The van der Waals surface area contributed by atoms with Crippen LogP contribution in [0.5, 0.6) is 5.75 Å². The first-order chi connectivity index (χ1) is 14.5. The summed E-state index contributed by atoms with van der Waals surface area (Å²) < 4.78 is 5.26. The van der Waals surface area contributed by atoms with Crippen LogP contribution in [0.1, 0.15) is 17.1 Å². The number of aromatic nitrogens is 6. The first kappa shape index (κ1) is 19.8. The highest BCUT2D eigenvalue weighted by Crippen LogP contribution is 2.23. The third-order valence-electron chi connectivity index (χ3n) is 4.24.